The van der Waals surface area contributed by atoms with Crippen molar-refractivity contribution in [3.63, 3.8) is 0 Å². The molecule has 0 bridgehead atoms. The van der Waals surface area contributed by atoms with Gasteiger partial charge in [0.2, 0.25) is 0 Å². The van der Waals surface area contributed by atoms with Crippen molar-refractivity contribution in [2.45, 2.75) is 46.1 Å². The van der Waals surface area contributed by atoms with Crippen LogP contribution in [0, 0.1) is 0 Å². The van der Waals surface area contributed by atoms with Crippen LogP contribution in [0.25, 0.3) is 0 Å². The van der Waals surface area contributed by atoms with Crippen molar-refractivity contribution in [3.8, 4) is 0 Å². The molecule has 0 spiro atoms. The molecule has 1 heterocycles. The predicted octanol–water partition coefficient (Wildman–Crippen LogP) is 1.87. The Bertz CT molecular complexity index is 492. The van der Waals surface area contributed by atoms with E-state index in [4.69, 9.17) is 5.11 Å². The van der Waals surface area contributed by atoms with Crippen molar-refractivity contribution >= 4 is 11.9 Å². The van der Waals surface area contributed by atoms with E-state index in [0.717, 1.165) is 5.69 Å². The maximum Gasteiger partial charge on any atom is 0.305 e. The molecule has 0 saturated carbocycles. The lowest BCUT2D eigenvalue weighted by Crippen LogP contribution is -2.39. The molecule has 1 aromatic rings. The molecule has 1 aromatic heterocycles. The number of aryl methyl sites for hydroxylation is 1. The number of carbonyl (C=O) groups is 2. The van der Waals surface area contributed by atoms with E-state index < -0.39 is 5.97 Å². The molecule has 6 heteroatoms. The second-order valence-corrected chi connectivity index (χ2v) is 5.47. The van der Waals surface area contributed by atoms with Crippen molar-refractivity contribution in [1.29, 1.82) is 0 Å². The van der Waals surface area contributed by atoms with Crippen LogP contribution in [0.4, 0.5) is 0 Å². The van der Waals surface area contributed by atoms with E-state index in [1.54, 1.807) is 22.7 Å². The van der Waals surface area contributed by atoms with Gasteiger partial charge in [-0.2, -0.15) is 5.10 Å². The topological polar surface area (TPSA) is 75.4 Å². The first-order valence-electron chi connectivity index (χ1n) is 6.80. The van der Waals surface area contributed by atoms with Crippen LogP contribution >= 0.6 is 0 Å². The highest BCUT2D eigenvalue weighted by atomic mass is 16.4. The number of carbonyl (C=O) groups excluding carboxylic acids is 1. The van der Waals surface area contributed by atoms with Crippen LogP contribution in [0.1, 0.15) is 56.2 Å². The van der Waals surface area contributed by atoms with E-state index in [0.29, 0.717) is 5.69 Å². The molecule has 0 aliphatic carbocycles. The lowest BCUT2D eigenvalue weighted by molar-refractivity contribution is -0.137. The normalized spacial score (nSPS) is 11.2. The van der Waals surface area contributed by atoms with Crippen LogP contribution < -0.4 is 0 Å². The molecule has 0 saturated heterocycles. The molecule has 0 atom stereocenters. The largest absolute Gasteiger partial charge is 0.481 e. The highest BCUT2D eigenvalue weighted by molar-refractivity contribution is 5.93. The maximum atomic E-state index is 12.5. The van der Waals surface area contributed by atoms with Gasteiger partial charge in [0.15, 0.2) is 0 Å². The Morgan fingerprint density at radius 1 is 1.35 bits per heavy atom. The number of rotatable bonds is 6. The molecule has 112 valence electrons. The van der Waals surface area contributed by atoms with E-state index in [9.17, 15) is 9.59 Å². The summed E-state index contributed by atoms with van der Waals surface area (Å²) in [6.45, 7) is 7.98. The Morgan fingerprint density at radius 2 is 1.95 bits per heavy atom. The minimum Gasteiger partial charge on any atom is -0.481 e. The van der Waals surface area contributed by atoms with Crippen molar-refractivity contribution < 1.29 is 14.7 Å². The third-order valence-corrected chi connectivity index (χ3v) is 3.16. The molecular formula is C14H23N3O3. The van der Waals surface area contributed by atoms with Gasteiger partial charge in [0.1, 0.15) is 5.69 Å². The zero-order valence-corrected chi connectivity index (χ0v) is 12.8. The van der Waals surface area contributed by atoms with Crippen LogP contribution in [0.5, 0.6) is 0 Å². The number of amides is 1. The lowest BCUT2D eigenvalue weighted by Gasteiger charge is -2.26. The third-order valence-electron chi connectivity index (χ3n) is 3.16. The molecule has 0 unspecified atom stereocenters. The van der Waals surface area contributed by atoms with Gasteiger partial charge >= 0.3 is 5.97 Å². The van der Waals surface area contributed by atoms with E-state index in [1.165, 1.54) is 0 Å². The van der Waals surface area contributed by atoms with E-state index in [1.807, 2.05) is 27.7 Å². The second-order valence-electron chi connectivity index (χ2n) is 5.47. The van der Waals surface area contributed by atoms with Crippen molar-refractivity contribution in [2.24, 2.45) is 7.05 Å². The first-order chi connectivity index (χ1) is 9.23. The van der Waals surface area contributed by atoms with Crippen LogP contribution in [0.3, 0.4) is 0 Å². The molecule has 0 aliphatic heterocycles. The standard InChI is InChI=1S/C14H23N3O3/c1-9(2)11-8-12(16(5)15-11)14(20)17(10(3)4)7-6-13(18)19/h8-10H,6-7H2,1-5H3,(H,18,19). The Kier molecular flexibility index (Phi) is 5.30. The maximum absolute atomic E-state index is 12.5. The summed E-state index contributed by atoms with van der Waals surface area (Å²) < 4.78 is 1.56. The van der Waals surface area contributed by atoms with E-state index in [2.05, 4.69) is 5.10 Å². The summed E-state index contributed by atoms with van der Waals surface area (Å²) in [7, 11) is 1.73. The smallest absolute Gasteiger partial charge is 0.305 e. The molecule has 0 radical (unpaired) electrons. The van der Waals surface area contributed by atoms with Gasteiger partial charge in [-0.25, -0.2) is 0 Å². The summed E-state index contributed by atoms with van der Waals surface area (Å²) in [5.41, 5.74) is 1.35. The van der Waals surface area contributed by atoms with Crippen LogP contribution in [0.2, 0.25) is 0 Å². The molecular weight excluding hydrogens is 258 g/mol. The average molecular weight is 281 g/mol. The van der Waals surface area contributed by atoms with Gasteiger partial charge in [0.25, 0.3) is 5.91 Å². The molecule has 1 amide bonds. The van der Waals surface area contributed by atoms with Crippen molar-refractivity contribution in [3.05, 3.63) is 17.5 Å². The summed E-state index contributed by atoms with van der Waals surface area (Å²) in [6, 6.07) is 1.72. The SMILES string of the molecule is CC(C)c1cc(C(=O)N(CCC(=O)O)C(C)C)n(C)n1. The monoisotopic (exact) mass is 281 g/mol. The average Bonchev–Trinajstić information content (AvgIpc) is 2.70. The Balaban J connectivity index is 2.97. The first-order valence-corrected chi connectivity index (χ1v) is 6.80. The van der Waals surface area contributed by atoms with Gasteiger partial charge in [0.05, 0.1) is 12.1 Å². The molecule has 0 fully saturated rings. The Labute approximate surface area is 119 Å². The number of carboxylic acids is 1. The van der Waals surface area contributed by atoms with Crippen LogP contribution in [-0.2, 0) is 11.8 Å². The number of carboxylic acid groups (broad SMARTS) is 1. The fourth-order valence-electron chi connectivity index (χ4n) is 1.93. The fourth-order valence-corrected chi connectivity index (χ4v) is 1.93. The molecule has 1 N–H and O–H groups in total. The summed E-state index contributed by atoms with van der Waals surface area (Å²) in [6.07, 6.45) is -0.0567. The van der Waals surface area contributed by atoms with Gasteiger partial charge in [-0.1, -0.05) is 13.8 Å². The van der Waals surface area contributed by atoms with Gasteiger partial charge in [-0.3, -0.25) is 14.3 Å². The number of nitrogens with zero attached hydrogens (tertiary/aromatic N) is 3. The highest BCUT2D eigenvalue weighted by Crippen LogP contribution is 2.16. The Hall–Kier alpha value is -1.85. The number of hydrogen-bond acceptors (Lipinski definition) is 3. The Morgan fingerprint density at radius 3 is 2.35 bits per heavy atom. The molecule has 20 heavy (non-hydrogen) atoms. The number of hydrogen-bond donors (Lipinski definition) is 1. The van der Waals surface area contributed by atoms with Crippen molar-refractivity contribution in [1.82, 2.24) is 14.7 Å². The van der Waals surface area contributed by atoms with E-state index in [-0.39, 0.29) is 30.8 Å². The summed E-state index contributed by atoms with van der Waals surface area (Å²) >= 11 is 0. The minimum atomic E-state index is -0.906. The van der Waals surface area contributed by atoms with Gasteiger partial charge in [-0.05, 0) is 25.8 Å². The highest BCUT2D eigenvalue weighted by Gasteiger charge is 2.23. The zero-order chi connectivity index (χ0) is 15.4. The fraction of sp³-hybridized carbons (Fsp3) is 0.643. The quantitative estimate of drug-likeness (QED) is 0.863. The first kappa shape index (κ1) is 16.2. The zero-order valence-electron chi connectivity index (χ0n) is 12.8. The number of aromatic nitrogens is 2. The van der Waals surface area contributed by atoms with Crippen molar-refractivity contribution in [2.75, 3.05) is 6.54 Å². The molecule has 0 aromatic carbocycles. The van der Waals surface area contributed by atoms with Crippen LogP contribution in [-0.4, -0.2) is 44.3 Å². The summed E-state index contributed by atoms with van der Waals surface area (Å²) in [5.74, 6) is -0.839. The minimum absolute atomic E-state index is 0.0563. The summed E-state index contributed by atoms with van der Waals surface area (Å²) in [4.78, 5) is 24.8. The lowest BCUT2D eigenvalue weighted by atomic mass is 10.1. The van der Waals surface area contributed by atoms with Gasteiger partial charge in [0, 0.05) is 19.6 Å². The third kappa shape index (κ3) is 3.82. The van der Waals surface area contributed by atoms with Crippen LogP contribution in [0.15, 0.2) is 6.07 Å². The second kappa shape index (κ2) is 6.54. The predicted molar refractivity (Wildman–Crippen MR) is 75.7 cm³/mol. The molecule has 6 nitrogen and oxygen atoms in total. The molecule has 1 rings (SSSR count). The molecule has 0 aliphatic rings. The van der Waals surface area contributed by atoms with Gasteiger partial charge < -0.3 is 10.0 Å². The van der Waals surface area contributed by atoms with Gasteiger partial charge in [-0.15, -0.1) is 0 Å². The number of aliphatic carboxylic acids is 1. The summed E-state index contributed by atoms with van der Waals surface area (Å²) in [5, 5.41) is 13.1. The van der Waals surface area contributed by atoms with E-state index >= 15 is 0 Å².